The minimum atomic E-state index is -0.727. The molecule has 0 aliphatic carbocycles. The van der Waals surface area contributed by atoms with Crippen LogP contribution in [0.1, 0.15) is 53.4 Å². The van der Waals surface area contributed by atoms with E-state index in [4.69, 9.17) is 9.84 Å². The Balaban J connectivity index is 1.94. The quantitative estimate of drug-likeness (QED) is 0.283. The molecule has 2 rings (SSSR count). The highest BCUT2D eigenvalue weighted by Crippen LogP contribution is 2.25. The number of ether oxygens (including phenoxy) is 1. The smallest absolute Gasteiger partial charge is 0.303 e. The molecule has 0 fully saturated rings. The van der Waals surface area contributed by atoms with Gasteiger partial charge in [-0.2, -0.15) is 0 Å². The van der Waals surface area contributed by atoms with Crippen LogP contribution in [0.3, 0.4) is 0 Å². The number of nitrogens with zero attached hydrogens (tertiary/aromatic N) is 1. The maximum absolute atomic E-state index is 10.7. The summed E-state index contributed by atoms with van der Waals surface area (Å²) in [5, 5.41) is 14.7. The average molecular weight is 441 g/mol. The highest BCUT2D eigenvalue weighted by Gasteiger charge is 2.12. The fourth-order valence-electron chi connectivity index (χ4n) is 3.97. The molecule has 5 heteroatoms. The van der Waals surface area contributed by atoms with Crippen molar-refractivity contribution in [3.05, 3.63) is 54.1 Å². The fourth-order valence-corrected chi connectivity index (χ4v) is 3.97. The minimum absolute atomic E-state index is 0.230. The number of fused-ring (bicyclic) bond motifs is 1. The van der Waals surface area contributed by atoms with Gasteiger partial charge in [0.25, 0.3) is 0 Å². The Morgan fingerprint density at radius 3 is 2.50 bits per heavy atom. The lowest BCUT2D eigenvalue weighted by Crippen LogP contribution is -2.41. The molecule has 0 spiro atoms. The van der Waals surface area contributed by atoms with Gasteiger partial charge in [0.15, 0.2) is 0 Å². The van der Waals surface area contributed by atoms with Crippen molar-refractivity contribution < 1.29 is 14.6 Å². The van der Waals surface area contributed by atoms with Crippen LogP contribution in [0.15, 0.2) is 54.1 Å². The number of hydrogen-bond donors (Lipinski definition) is 2. The first kappa shape index (κ1) is 25.9. The number of nitrogens with one attached hydrogen (secondary N) is 1. The number of benzene rings is 2. The number of rotatable bonds is 15. The third kappa shape index (κ3) is 9.01. The van der Waals surface area contributed by atoms with Gasteiger partial charge in [-0.3, -0.25) is 9.69 Å². The Morgan fingerprint density at radius 1 is 1.06 bits per heavy atom. The fraction of sp³-hybridized carbons (Fsp3) is 0.519. The lowest BCUT2D eigenvalue weighted by Gasteiger charge is -2.30. The molecule has 32 heavy (non-hydrogen) atoms. The van der Waals surface area contributed by atoms with Gasteiger partial charge < -0.3 is 15.2 Å². The molecule has 5 nitrogen and oxygen atoms in total. The van der Waals surface area contributed by atoms with Crippen LogP contribution in [0.4, 0.5) is 0 Å². The first-order chi connectivity index (χ1) is 15.4. The van der Waals surface area contributed by atoms with E-state index < -0.39 is 5.97 Å². The summed E-state index contributed by atoms with van der Waals surface area (Å²) in [5.41, 5.74) is 1.20. The number of unbranched alkanes of at least 4 members (excludes halogenated alkanes) is 2. The van der Waals surface area contributed by atoms with E-state index in [0.29, 0.717) is 25.1 Å². The summed E-state index contributed by atoms with van der Waals surface area (Å²) < 4.78 is 6.22. The van der Waals surface area contributed by atoms with E-state index in [0.717, 1.165) is 43.6 Å². The second-order valence-electron chi connectivity index (χ2n) is 8.87. The Morgan fingerprint density at radius 2 is 1.78 bits per heavy atom. The summed E-state index contributed by atoms with van der Waals surface area (Å²) in [6.07, 6.45) is 4.89. The van der Waals surface area contributed by atoms with Gasteiger partial charge in [0.2, 0.25) is 0 Å². The molecule has 2 N–H and O–H groups in total. The van der Waals surface area contributed by atoms with Crippen LogP contribution < -0.4 is 10.1 Å². The predicted molar refractivity (Wildman–Crippen MR) is 133 cm³/mol. The highest BCUT2D eigenvalue weighted by atomic mass is 16.5. The van der Waals surface area contributed by atoms with E-state index in [1.54, 1.807) is 0 Å². The zero-order valence-electron chi connectivity index (χ0n) is 20.1. The first-order valence-corrected chi connectivity index (χ1v) is 11.8. The summed E-state index contributed by atoms with van der Waals surface area (Å²) >= 11 is 0. The van der Waals surface area contributed by atoms with E-state index in [-0.39, 0.29) is 6.42 Å². The normalized spacial score (nSPS) is 12.3. The number of carboxylic acid groups (broad SMARTS) is 1. The van der Waals surface area contributed by atoms with E-state index in [2.05, 4.69) is 62.2 Å². The standard InChI is InChI=1S/C27H40N2O3/c1-21(2)29(22(3)4)18-17-28-19-23(11-6-5-7-16-27(30)31)20-32-26-15-10-13-24-12-8-9-14-25(24)26/h8-15,21-22,28H,5-7,16-20H2,1-4H3,(H,30,31)/b23-11+. The summed E-state index contributed by atoms with van der Waals surface area (Å²) in [4.78, 5) is 13.2. The molecule has 2 aromatic carbocycles. The number of carboxylic acids is 1. The summed E-state index contributed by atoms with van der Waals surface area (Å²) in [6.45, 7) is 12.2. The molecule has 0 unspecified atom stereocenters. The molecule has 0 aliphatic rings. The van der Waals surface area contributed by atoms with E-state index in [9.17, 15) is 4.79 Å². The molecule has 0 saturated heterocycles. The topological polar surface area (TPSA) is 61.8 Å². The van der Waals surface area contributed by atoms with E-state index in [1.165, 1.54) is 11.0 Å². The van der Waals surface area contributed by atoms with Gasteiger partial charge in [0, 0.05) is 43.5 Å². The second-order valence-corrected chi connectivity index (χ2v) is 8.87. The molecule has 0 radical (unpaired) electrons. The lowest BCUT2D eigenvalue weighted by molar-refractivity contribution is -0.137. The van der Waals surface area contributed by atoms with E-state index in [1.807, 2.05) is 24.3 Å². The molecular formula is C27H40N2O3. The Kier molecular flexibility index (Phi) is 11.3. The lowest BCUT2D eigenvalue weighted by atomic mass is 10.1. The number of aliphatic carboxylic acids is 1. The van der Waals surface area contributed by atoms with E-state index >= 15 is 0 Å². The van der Waals surface area contributed by atoms with Gasteiger partial charge in [-0.05, 0) is 64.0 Å². The van der Waals surface area contributed by atoms with Crippen molar-refractivity contribution in [2.45, 2.75) is 65.5 Å². The third-order valence-corrected chi connectivity index (χ3v) is 5.67. The Hall–Kier alpha value is -2.37. The van der Waals surface area contributed by atoms with Crippen molar-refractivity contribution in [3.63, 3.8) is 0 Å². The monoisotopic (exact) mass is 440 g/mol. The molecule has 0 bridgehead atoms. The van der Waals surface area contributed by atoms with Gasteiger partial charge >= 0.3 is 5.97 Å². The molecule has 176 valence electrons. The van der Waals surface area contributed by atoms with Crippen LogP contribution in [0.2, 0.25) is 0 Å². The van der Waals surface area contributed by atoms with Crippen LogP contribution in [-0.4, -0.2) is 54.3 Å². The largest absolute Gasteiger partial charge is 0.489 e. The van der Waals surface area contributed by atoms with Gasteiger partial charge in [-0.15, -0.1) is 0 Å². The van der Waals surface area contributed by atoms with Crippen molar-refractivity contribution >= 4 is 16.7 Å². The maximum atomic E-state index is 10.7. The molecular weight excluding hydrogens is 400 g/mol. The predicted octanol–water partition coefficient (Wildman–Crippen LogP) is 5.50. The van der Waals surface area contributed by atoms with Crippen LogP contribution >= 0.6 is 0 Å². The SMILES string of the molecule is CC(C)N(CCNC/C(=C\CCCCC(=O)O)COc1cccc2ccccc12)C(C)C. The molecule has 0 atom stereocenters. The van der Waals surface area contributed by atoms with Crippen molar-refractivity contribution in [1.82, 2.24) is 10.2 Å². The highest BCUT2D eigenvalue weighted by molar-refractivity contribution is 5.88. The van der Waals surface area contributed by atoms with Crippen LogP contribution in [0.5, 0.6) is 5.75 Å². The zero-order valence-corrected chi connectivity index (χ0v) is 20.1. The molecule has 2 aromatic rings. The zero-order chi connectivity index (χ0) is 23.3. The van der Waals surface area contributed by atoms with Crippen molar-refractivity contribution in [2.24, 2.45) is 0 Å². The maximum Gasteiger partial charge on any atom is 0.303 e. The summed E-state index contributed by atoms with van der Waals surface area (Å²) in [6, 6.07) is 15.4. The first-order valence-electron chi connectivity index (χ1n) is 11.8. The van der Waals surface area contributed by atoms with Crippen molar-refractivity contribution in [2.75, 3.05) is 26.2 Å². The molecule has 0 aromatic heterocycles. The number of hydrogen-bond acceptors (Lipinski definition) is 4. The second kappa shape index (κ2) is 13.9. The minimum Gasteiger partial charge on any atom is -0.489 e. The number of carbonyl (C=O) groups is 1. The Bertz CT molecular complexity index is 848. The Labute approximate surface area is 193 Å². The molecule has 0 aliphatic heterocycles. The summed E-state index contributed by atoms with van der Waals surface area (Å²) in [5.74, 6) is 0.167. The van der Waals surface area contributed by atoms with Crippen LogP contribution in [-0.2, 0) is 4.79 Å². The van der Waals surface area contributed by atoms with Crippen LogP contribution in [0, 0.1) is 0 Å². The number of allylic oxidation sites excluding steroid dienone is 1. The van der Waals surface area contributed by atoms with Crippen LogP contribution in [0.25, 0.3) is 10.8 Å². The van der Waals surface area contributed by atoms with Gasteiger partial charge in [-0.25, -0.2) is 0 Å². The van der Waals surface area contributed by atoms with Crippen molar-refractivity contribution in [1.29, 1.82) is 0 Å². The van der Waals surface area contributed by atoms with Gasteiger partial charge in [-0.1, -0.05) is 42.5 Å². The van der Waals surface area contributed by atoms with Gasteiger partial charge in [0.05, 0.1) is 0 Å². The van der Waals surface area contributed by atoms with Gasteiger partial charge in [0.1, 0.15) is 12.4 Å². The van der Waals surface area contributed by atoms with Crippen molar-refractivity contribution in [3.8, 4) is 5.75 Å². The average Bonchev–Trinajstić information content (AvgIpc) is 2.75. The molecule has 0 heterocycles. The summed E-state index contributed by atoms with van der Waals surface area (Å²) in [7, 11) is 0. The molecule has 0 saturated carbocycles. The molecule has 0 amide bonds. The third-order valence-electron chi connectivity index (χ3n) is 5.67.